The number of aliphatic carboxylic acids is 1. The number of halogens is 1. The Hall–Kier alpha value is -1.49. The number of fused-ring (bicyclic) bond motifs is 1. The zero-order valence-electron chi connectivity index (χ0n) is 7.71. The topological polar surface area (TPSA) is 79.5 Å². The molecule has 0 aromatic carbocycles. The Morgan fingerprint density at radius 2 is 2.13 bits per heavy atom. The molecular weight excluding hydrogens is 222 g/mol. The molecule has 0 fully saturated rings. The van der Waals surface area contributed by atoms with E-state index in [0.717, 1.165) is 6.07 Å². The fraction of sp³-hybridized carbons (Fsp3) is 0.333. The molecule has 1 aliphatic heterocycles. The van der Waals surface area contributed by atoms with E-state index in [4.69, 9.17) is 10.2 Å². The highest BCUT2D eigenvalue weighted by molar-refractivity contribution is 5.85. The number of carbonyl (C=O) groups is 1. The number of carboxylic acid groups (broad SMARTS) is 1. The molecule has 1 aliphatic rings. The Labute approximate surface area is 91.4 Å². The van der Waals surface area contributed by atoms with Gasteiger partial charge in [0, 0.05) is 11.8 Å². The second kappa shape index (κ2) is 3.94. The molecule has 6 heteroatoms. The fourth-order valence-electron chi connectivity index (χ4n) is 1.81. The molecule has 15 heavy (non-hydrogen) atoms. The summed E-state index contributed by atoms with van der Waals surface area (Å²) in [5.41, 5.74) is 0.132. The molecule has 0 radical (unpaired) electrons. The maximum atomic E-state index is 11.4. The lowest BCUT2D eigenvalue weighted by atomic mass is 10.2. The van der Waals surface area contributed by atoms with E-state index >= 15 is 0 Å². The van der Waals surface area contributed by atoms with Crippen LogP contribution in [0, 0.1) is 0 Å². The molecule has 1 aromatic rings. The molecule has 82 valence electrons. The second-order valence-corrected chi connectivity index (χ2v) is 3.31. The van der Waals surface area contributed by atoms with Crippen molar-refractivity contribution in [3.8, 4) is 5.75 Å². The van der Waals surface area contributed by atoms with Crippen LogP contribution in [0.4, 0.5) is 0 Å². The number of rotatable bonds is 1. The Morgan fingerprint density at radius 3 is 2.73 bits per heavy atom. The molecule has 5 nitrogen and oxygen atoms in total. The smallest absolute Gasteiger partial charge is 0.326 e. The van der Waals surface area contributed by atoms with Gasteiger partial charge >= 0.3 is 5.97 Å². The van der Waals surface area contributed by atoms with Crippen molar-refractivity contribution in [2.45, 2.75) is 18.9 Å². The van der Waals surface area contributed by atoms with E-state index in [2.05, 4.69) is 0 Å². The third-order valence-corrected chi connectivity index (χ3v) is 2.40. The summed E-state index contributed by atoms with van der Waals surface area (Å²) in [6, 6.07) is 1.69. The lowest BCUT2D eigenvalue weighted by Crippen LogP contribution is -2.26. The summed E-state index contributed by atoms with van der Waals surface area (Å²) in [7, 11) is 0. The number of aromatic hydroxyl groups is 1. The van der Waals surface area contributed by atoms with E-state index in [1.165, 1.54) is 10.6 Å². The number of carboxylic acids is 1. The Morgan fingerprint density at radius 1 is 1.47 bits per heavy atom. The molecule has 1 aromatic heterocycles. The van der Waals surface area contributed by atoms with Crippen LogP contribution in [0.5, 0.6) is 5.75 Å². The summed E-state index contributed by atoms with van der Waals surface area (Å²) >= 11 is 0. The predicted molar refractivity (Wildman–Crippen MR) is 54.6 cm³/mol. The molecule has 1 atom stereocenters. The molecule has 0 amide bonds. The normalized spacial score (nSPS) is 18.0. The summed E-state index contributed by atoms with van der Waals surface area (Å²) in [6.45, 7) is 0. The van der Waals surface area contributed by atoms with Crippen molar-refractivity contribution < 1.29 is 15.0 Å². The largest absolute Gasteiger partial charge is 0.508 e. The summed E-state index contributed by atoms with van der Waals surface area (Å²) < 4.78 is 1.22. The molecule has 2 rings (SSSR count). The maximum absolute atomic E-state index is 11.4. The molecule has 0 saturated heterocycles. The van der Waals surface area contributed by atoms with Crippen LogP contribution in [0.15, 0.2) is 16.9 Å². The first kappa shape index (κ1) is 11.6. The molecule has 0 spiro atoms. The van der Waals surface area contributed by atoms with Gasteiger partial charge in [-0.2, -0.15) is 0 Å². The van der Waals surface area contributed by atoms with E-state index in [0.29, 0.717) is 18.5 Å². The minimum atomic E-state index is -1.00. The van der Waals surface area contributed by atoms with Crippen molar-refractivity contribution in [2.24, 2.45) is 0 Å². The zero-order chi connectivity index (χ0) is 10.3. The Bertz CT molecular complexity index is 454. The highest BCUT2D eigenvalue weighted by Crippen LogP contribution is 2.25. The average molecular weight is 232 g/mol. The Balaban J connectivity index is 0.00000112. The van der Waals surface area contributed by atoms with Gasteiger partial charge in [0.05, 0.1) is 0 Å². The van der Waals surface area contributed by atoms with Gasteiger partial charge in [0.15, 0.2) is 0 Å². The van der Waals surface area contributed by atoms with Gasteiger partial charge in [-0.15, -0.1) is 12.4 Å². The number of aryl methyl sites for hydroxylation is 1. The lowest BCUT2D eigenvalue weighted by molar-refractivity contribution is -0.140. The van der Waals surface area contributed by atoms with Gasteiger partial charge in [0.2, 0.25) is 0 Å². The summed E-state index contributed by atoms with van der Waals surface area (Å²) in [5.74, 6) is -1.11. The van der Waals surface area contributed by atoms with Crippen LogP contribution in [-0.4, -0.2) is 20.7 Å². The number of nitrogens with zero attached hydrogens (tertiary/aromatic N) is 1. The van der Waals surface area contributed by atoms with E-state index in [9.17, 15) is 9.59 Å². The number of hydrogen-bond donors (Lipinski definition) is 2. The number of pyridine rings is 1. The first-order valence-electron chi connectivity index (χ1n) is 4.27. The van der Waals surface area contributed by atoms with E-state index in [1.54, 1.807) is 0 Å². The van der Waals surface area contributed by atoms with Crippen molar-refractivity contribution in [1.29, 1.82) is 0 Å². The monoisotopic (exact) mass is 231 g/mol. The van der Waals surface area contributed by atoms with Gasteiger partial charge in [-0.1, -0.05) is 0 Å². The van der Waals surface area contributed by atoms with Crippen LogP contribution in [0.3, 0.4) is 0 Å². The minimum absolute atomic E-state index is 0. The van der Waals surface area contributed by atoms with Gasteiger partial charge in [-0.3, -0.25) is 9.36 Å². The summed E-state index contributed by atoms with van der Waals surface area (Å²) in [4.78, 5) is 22.2. The SMILES string of the molecule is Cl.O=C(O)C1CCc2cc(O)cc(=O)n21. The van der Waals surface area contributed by atoms with Crippen LogP contribution in [0.2, 0.25) is 0 Å². The highest BCUT2D eigenvalue weighted by atomic mass is 35.5. The van der Waals surface area contributed by atoms with Crippen molar-refractivity contribution in [2.75, 3.05) is 0 Å². The standard InChI is InChI=1S/C9H9NO4.ClH/c11-6-3-5-1-2-7(9(13)14)10(5)8(12)4-6;/h3-4,7,11H,1-2H2,(H,13,14);1H. The molecule has 0 bridgehead atoms. The van der Waals surface area contributed by atoms with E-state index < -0.39 is 17.6 Å². The molecule has 2 heterocycles. The zero-order valence-corrected chi connectivity index (χ0v) is 8.53. The quantitative estimate of drug-likeness (QED) is 0.740. The van der Waals surface area contributed by atoms with Gasteiger partial charge in [-0.05, 0) is 18.9 Å². The first-order chi connectivity index (χ1) is 6.59. The van der Waals surface area contributed by atoms with Crippen LogP contribution in [0.25, 0.3) is 0 Å². The summed E-state index contributed by atoms with van der Waals surface area (Å²) in [6.07, 6.45) is 0.925. The van der Waals surface area contributed by atoms with Crippen molar-refractivity contribution in [1.82, 2.24) is 4.57 Å². The van der Waals surface area contributed by atoms with Crippen LogP contribution in [-0.2, 0) is 11.2 Å². The van der Waals surface area contributed by atoms with Crippen LogP contribution >= 0.6 is 12.4 Å². The highest BCUT2D eigenvalue weighted by Gasteiger charge is 2.28. The minimum Gasteiger partial charge on any atom is -0.508 e. The van der Waals surface area contributed by atoms with Crippen molar-refractivity contribution >= 4 is 18.4 Å². The first-order valence-corrected chi connectivity index (χ1v) is 4.27. The maximum Gasteiger partial charge on any atom is 0.326 e. The van der Waals surface area contributed by atoms with Crippen LogP contribution < -0.4 is 5.56 Å². The molecule has 2 N–H and O–H groups in total. The van der Waals surface area contributed by atoms with Gasteiger partial charge in [0.25, 0.3) is 5.56 Å². The third kappa shape index (κ3) is 1.83. The van der Waals surface area contributed by atoms with Crippen molar-refractivity contribution in [3.63, 3.8) is 0 Å². The summed E-state index contributed by atoms with van der Waals surface area (Å²) in [5, 5.41) is 18.0. The molecule has 0 aliphatic carbocycles. The number of hydrogen-bond acceptors (Lipinski definition) is 3. The second-order valence-electron chi connectivity index (χ2n) is 3.31. The van der Waals surface area contributed by atoms with Gasteiger partial charge < -0.3 is 10.2 Å². The van der Waals surface area contributed by atoms with Crippen LogP contribution in [0.1, 0.15) is 18.2 Å². The molecular formula is C9H10ClNO4. The number of aromatic nitrogens is 1. The van der Waals surface area contributed by atoms with Crippen molar-refractivity contribution in [3.05, 3.63) is 28.2 Å². The van der Waals surface area contributed by atoms with E-state index in [-0.39, 0.29) is 18.2 Å². The Kier molecular flexibility index (Phi) is 3.04. The average Bonchev–Trinajstić information content (AvgIpc) is 2.47. The van der Waals surface area contributed by atoms with E-state index in [1.807, 2.05) is 0 Å². The predicted octanol–water partition coefficient (Wildman–Crippen LogP) is 0.548. The van der Waals surface area contributed by atoms with Gasteiger partial charge in [0.1, 0.15) is 11.8 Å². The molecule has 1 unspecified atom stereocenters. The third-order valence-electron chi connectivity index (χ3n) is 2.40. The molecule has 0 saturated carbocycles. The van der Waals surface area contributed by atoms with Gasteiger partial charge in [-0.25, -0.2) is 4.79 Å². The lowest BCUT2D eigenvalue weighted by Gasteiger charge is -2.08. The fourth-order valence-corrected chi connectivity index (χ4v) is 1.81.